The van der Waals surface area contributed by atoms with E-state index in [-0.39, 0.29) is 0 Å². The van der Waals surface area contributed by atoms with Crippen LogP contribution in [0.3, 0.4) is 0 Å². The van der Waals surface area contributed by atoms with Gasteiger partial charge in [-0.15, -0.1) is 0 Å². The third-order valence-corrected chi connectivity index (χ3v) is 5.27. The van der Waals surface area contributed by atoms with Gasteiger partial charge in [-0.3, -0.25) is 0 Å². The van der Waals surface area contributed by atoms with E-state index in [0.29, 0.717) is 11.5 Å². The number of piperidine rings is 2. The van der Waals surface area contributed by atoms with Gasteiger partial charge in [0.05, 0.1) is 0 Å². The Labute approximate surface area is 119 Å². The lowest BCUT2D eigenvalue weighted by atomic mass is 9.80. The maximum absolute atomic E-state index is 3.86. The zero-order valence-corrected chi connectivity index (χ0v) is 13.4. The molecule has 0 aromatic carbocycles. The highest BCUT2D eigenvalue weighted by Gasteiger charge is 2.30. The molecule has 0 spiro atoms. The molecule has 0 aliphatic carbocycles. The molecule has 0 bridgehead atoms. The number of likely N-dealkylation sites (tertiary alicyclic amines) is 2. The van der Waals surface area contributed by atoms with Gasteiger partial charge < -0.3 is 15.1 Å². The van der Waals surface area contributed by atoms with Crippen LogP contribution in [0.15, 0.2) is 0 Å². The van der Waals surface area contributed by atoms with Crippen LogP contribution in [-0.2, 0) is 0 Å². The second kappa shape index (κ2) is 6.55. The smallest absolute Gasteiger partial charge is 0.00916 e. The van der Waals surface area contributed by atoms with Crippen molar-refractivity contribution in [2.45, 2.75) is 58.5 Å². The van der Waals surface area contributed by atoms with Gasteiger partial charge in [-0.2, -0.15) is 0 Å². The highest BCUT2D eigenvalue weighted by Crippen LogP contribution is 2.29. The summed E-state index contributed by atoms with van der Waals surface area (Å²) in [6, 6.07) is 1.47. The van der Waals surface area contributed by atoms with Crippen molar-refractivity contribution in [2.24, 2.45) is 5.41 Å². The molecule has 0 atom stereocenters. The van der Waals surface area contributed by atoms with E-state index in [4.69, 9.17) is 0 Å². The van der Waals surface area contributed by atoms with Crippen LogP contribution in [0.4, 0.5) is 0 Å². The van der Waals surface area contributed by atoms with Crippen molar-refractivity contribution in [1.29, 1.82) is 0 Å². The summed E-state index contributed by atoms with van der Waals surface area (Å²) in [5, 5.41) is 3.86. The Balaban J connectivity index is 1.69. The van der Waals surface area contributed by atoms with Crippen LogP contribution in [0.5, 0.6) is 0 Å². The number of nitrogens with one attached hydrogen (secondary N) is 1. The maximum atomic E-state index is 3.86. The molecule has 19 heavy (non-hydrogen) atoms. The minimum absolute atomic E-state index is 0.529. The van der Waals surface area contributed by atoms with E-state index in [1.807, 2.05) is 0 Å². The first kappa shape index (κ1) is 15.3. The monoisotopic (exact) mass is 267 g/mol. The van der Waals surface area contributed by atoms with E-state index >= 15 is 0 Å². The second-order valence-electron chi connectivity index (χ2n) is 7.40. The molecule has 2 heterocycles. The Kier molecular flexibility index (Phi) is 5.27. The molecule has 1 N–H and O–H groups in total. The zero-order chi connectivity index (χ0) is 13.9. The van der Waals surface area contributed by atoms with Crippen molar-refractivity contribution in [3.8, 4) is 0 Å². The third-order valence-electron chi connectivity index (χ3n) is 5.27. The Morgan fingerprint density at radius 1 is 1.11 bits per heavy atom. The Morgan fingerprint density at radius 3 is 2.21 bits per heavy atom. The predicted octanol–water partition coefficient (Wildman–Crippen LogP) is 2.18. The second-order valence-corrected chi connectivity index (χ2v) is 7.40. The number of nitrogens with zero attached hydrogens (tertiary/aromatic N) is 2. The molecule has 0 unspecified atom stereocenters. The highest BCUT2D eigenvalue weighted by molar-refractivity contribution is 4.86. The van der Waals surface area contributed by atoms with Gasteiger partial charge in [0.1, 0.15) is 0 Å². The van der Waals surface area contributed by atoms with E-state index < -0.39 is 0 Å². The van der Waals surface area contributed by atoms with Crippen LogP contribution in [0.1, 0.15) is 46.5 Å². The average molecular weight is 267 g/mol. The lowest BCUT2D eigenvalue weighted by Crippen LogP contribution is -2.49. The van der Waals surface area contributed by atoms with Crippen LogP contribution in [-0.4, -0.2) is 61.7 Å². The van der Waals surface area contributed by atoms with Crippen molar-refractivity contribution in [2.75, 3.05) is 39.8 Å². The van der Waals surface area contributed by atoms with Crippen LogP contribution < -0.4 is 5.32 Å². The van der Waals surface area contributed by atoms with Crippen LogP contribution in [0.2, 0.25) is 0 Å². The zero-order valence-electron chi connectivity index (χ0n) is 13.4. The standard InChI is InChI=1S/C16H33N3/c1-14(2)19-9-5-15(6-10-19)17-13-16(3)7-11-18(4)12-8-16/h14-15,17H,5-13H2,1-4H3. The molecule has 2 rings (SSSR count). The molecular formula is C16H33N3. The molecule has 3 nitrogen and oxygen atoms in total. The molecule has 2 saturated heterocycles. The van der Waals surface area contributed by atoms with E-state index in [2.05, 4.69) is 42.9 Å². The van der Waals surface area contributed by atoms with Crippen LogP contribution >= 0.6 is 0 Å². The molecule has 0 saturated carbocycles. The van der Waals surface area contributed by atoms with Crippen molar-refractivity contribution in [1.82, 2.24) is 15.1 Å². The number of rotatable bonds is 4. The summed E-state index contributed by atoms with van der Waals surface area (Å²) in [7, 11) is 2.24. The number of hydrogen-bond acceptors (Lipinski definition) is 3. The van der Waals surface area contributed by atoms with Crippen LogP contribution in [0, 0.1) is 5.41 Å². The molecule has 2 fully saturated rings. The van der Waals surface area contributed by atoms with Gasteiger partial charge in [-0.05, 0) is 78.2 Å². The normalized spacial score (nSPS) is 27.0. The van der Waals surface area contributed by atoms with Gasteiger partial charge in [0.2, 0.25) is 0 Å². The molecule has 112 valence electrons. The largest absolute Gasteiger partial charge is 0.313 e. The van der Waals surface area contributed by atoms with E-state index in [1.54, 1.807) is 0 Å². The summed E-state index contributed by atoms with van der Waals surface area (Å²) < 4.78 is 0. The topological polar surface area (TPSA) is 18.5 Å². The Hall–Kier alpha value is -0.120. The molecule has 3 heteroatoms. The van der Waals surface area contributed by atoms with Gasteiger partial charge in [-0.1, -0.05) is 6.92 Å². The van der Waals surface area contributed by atoms with Gasteiger partial charge in [0.15, 0.2) is 0 Å². The summed E-state index contributed by atoms with van der Waals surface area (Å²) in [5.74, 6) is 0. The highest BCUT2D eigenvalue weighted by atomic mass is 15.2. The first-order valence-electron chi connectivity index (χ1n) is 8.14. The van der Waals surface area contributed by atoms with Gasteiger partial charge in [-0.25, -0.2) is 0 Å². The lowest BCUT2D eigenvalue weighted by molar-refractivity contribution is 0.118. The summed E-state index contributed by atoms with van der Waals surface area (Å²) >= 11 is 0. The Morgan fingerprint density at radius 2 is 1.68 bits per heavy atom. The van der Waals surface area contributed by atoms with E-state index in [0.717, 1.165) is 6.04 Å². The molecule has 2 aliphatic heterocycles. The van der Waals surface area contributed by atoms with Gasteiger partial charge in [0.25, 0.3) is 0 Å². The fourth-order valence-electron chi connectivity index (χ4n) is 3.35. The Bertz CT molecular complexity index is 261. The lowest BCUT2D eigenvalue weighted by Gasteiger charge is -2.40. The molecular weight excluding hydrogens is 234 g/mol. The average Bonchev–Trinajstić information content (AvgIpc) is 2.41. The third kappa shape index (κ3) is 4.44. The van der Waals surface area contributed by atoms with E-state index in [1.165, 1.54) is 58.4 Å². The summed E-state index contributed by atoms with van der Waals surface area (Å²) in [5.41, 5.74) is 0.529. The predicted molar refractivity (Wildman–Crippen MR) is 82.6 cm³/mol. The first-order chi connectivity index (χ1) is 8.98. The van der Waals surface area contributed by atoms with Crippen molar-refractivity contribution in [3.05, 3.63) is 0 Å². The fourth-order valence-corrected chi connectivity index (χ4v) is 3.35. The number of hydrogen-bond donors (Lipinski definition) is 1. The maximum Gasteiger partial charge on any atom is 0.00916 e. The minimum Gasteiger partial charge on any atom is -0.313 e. The quantitative estimate of drug-likeness (QED) is 0.842. The van der Waals surface area contributed by atoms with E-state index in [9.17, 15) is 0 Å². The molecule has 2 aliphatic rings. The van der Waals surface area contributed by atoms with Gasteiger partial charge >= 0.3 is 0 Å². The molecule has 0 amide bonds. The molecule has 0 radical (unpaired) electrons. The van der Waals surface area contributed by atoms with Gasteiger partial charge in [0, 0.05) is 18.6 Å². The van der Waals surface area contributed by atoms with Crippen molar-refractivity contribution >= 4 is 0 Å². The van der Waals surface area contributed by atoms with Crippen LogP contribution in [0.25, 0.3) is 0 Å². The summed E-state index contributed by atoms with van der Waals surface area (Å²) in [6.07, 6.45) is 5.35. The minimum atomic E-state index is 0.529. The van der Waals surface area contributed by atoms with Crippen molar-refractivity contribution in [3.63, 3.8) is 0 Å². The fraction of sp³-hybridized carbons (Fsp3) is 1.00. The van der Waals surface area contributed by atoms with Crippen molar-refractivity contribution < 1.29 is 0 Å². The molecule has 0 aromatic heterocycles. The first-order valence-corrected chi connectivity index (χ1v) is 8.14. The SMILES string of the molecule is CC(C)N1CCC(NCC2(C)CCN(C)CC2)CC1. The summed E-state index contributed by atoms with van der Waals surface area (Å²) in [4.78, 5) is 5.07. The molecule has 0 aromatic rings. The summed E-state index contributed by atoms with van der Waals surface area (Å²) in [6.45, 7) is 13.4.